The first-order valence-electron chi connectivity index (χ1n) is 3.01. The van der Waals surface area contributed by atoms with Gasteiger partial charge < -0.3 is 17.3 Å². The van der Waals surface area contributed by atoms with E-state index >= 15 is 0 Å². The molecule has 0 fully saturated rings. The van der Waals surface area contributed by atoms with Gasteiger partial charge in [-0.2, -0.15) is 6.42 Å². The van der Waals surface area contributed by atoms with Crippen molar-refractivity contribution >= 4 is 0 Å². The van der Waals surface area contributed by atoms with Gasteiger partial charge in [-0.05, 0) is 6.42 Å². The van der Waals surface area contributed by atoms with E-state index in [9.17, 15) is 0 Å². The summed E-state index contributed by atoms with van der Waals surface area (Å²) < 4.78 is 0. The molecule has 1 atom stereocenters. The van der Waals surface area contributed by atoms with E-state index in [2.05, 4.69) is 0 Å². The Morgan fingerprint density at radius 2 is 2.22 bits per heavy atom. The van der Waals surface area contributed by atoms with Crippen molar-refractivity contribution in [3.8, 4) is 0 Å². The topological polar surface area (TPSA) is 46.2 Å². The Labute approximate surface area is 70.5 Å². The fraction of sp³-hybridized carbons (Fsp3) is 0.833. The van der Waals surface area contributed by atoms with Gasteiger partial charge in [-0.3, -0.25) is 0 Å². The average Bonchev–Trinajstić information content (AvgIpc) is 1.68. The van der Waals surface area contributed by atoms with Gasteiger partial charge in [-0.25, -0.2) is 0 Å². The van der Waals surface area contributed by atoms with Crippen molar-refractivity contribution in [1.82, 2.24) is 0 Å². The summed E-state index contributed by atoms with van der Waals surface area (Å²) in [4.78, 5) is 0. The van der Waals surface area contributed by atoms with Crippen molar-refractivity contribution < 1.29 is 25.5 Å². The average molecular weight is 302 g/mol. The molecule has 0 saturated heterocycles. The second-order valence-corrected chi connectivity index (χ2v) is 1.82. The van der Waals surface area contributed by atoms with Crippen molar-refractivity contribution in [1.29, 1.82) is 0 Å². The first-order valence-corrected chi connectivity index (χ1v) is 3.01. The Morgan fingerprint density at radius 3 is 2.56 bits per heavy atom. The van der Waals surface area contributed by atoms with Gasteiger partial charge in [-0.15, -0.1) is 6.04 Å². The molecule has 3 heteroatoms. The molecule has 0 saturated carbocycles. The molecule has 57 valence electrons. The molecule has 9 heavy (non-hydrogen) atoms. The molecular weight excluding hydrogens is 288 g/mol. The third-order valence-corrected chi connectivity index (χ3v) is 1.00. The fourth-order valence-electron chi connectivity index (χ4n) is 0.570. The Kier molecular flexibility index (Phi) is 11.7. The van der Waals surface area contributed by atoms with Crippen LogP contribution in [-0.2, 0) is 20.4 Å². The molecule has 1 unspecified atom stereocenters. The van der Waals surface area contributed by atoms with Crippen molar-refractivity contribution in [3.05, 3.63) is 6.42 Å². The minimum atomic E-state index is 0. The maximum absolute atomic E-state index is 8.36. The Hall–Kier alpha value is 0.582. The van der Waals surface area contributed by atoms with Crippen molar-refractivity contribution in [2.45, 2.75) is 25.8 Å². The monoisotopic (exact) mass is 303 g/mol. The molecule has 0 aromatic heterocycles. The number of hydrogen-bond donors (Lipinski definition) is 2. The molecule has 0 bridgehead atoms. The number of aliphatic hydroxyl groups excluding tert-OH is 1. The van der Waals surface area contributed by atoms with Crippen LogP contribution in [0.4, 0.5) is 0 Å². The smallest absolute Gasteiger partial charge is 0.0420 e. The predicted octanol–water partition coefficient (Wildman–Crippen LogP) is 0.308. The normalized spacial score (nSPS) is 12.3. The number of aliphatic hydroxyl groups is 1. The molecule has 0 aliphatic rings. The third-order valence-electron chi connectivity index (χ3n) is 1.00. The summed E-state index contributed by atoms with van der Waals surface area (Å²) >= 11 is 0. The van der Waals surface area contributed by atoms with Gasteiger partial charge in [0.15, 0.2) is 0 Å². The summed E-state index contributed by atoms with van der Waals surface area (Å²) in [7, 11) is 0. The first kappa shape index (κ1) is 12.3. The summed E-state index contributed by atoms with van der Waals surface area (Å²) in [5.41, 5.74) is 5.48. The summed E-state index contributed by atoms with van der Waals surface area (Å²) in [6, 6.07) is 0.0880. The van der Waals surface area contributed by atoms with Crippen LogP contribution in [0.5, 0.6) is 0 Å². The first-order chi connectivity index (χ1) is 3.81. The van der Waals surface area contributed by atoms with Crippen LogP contribution >= 0.6 is 0 Å². The zero-order chi connectivity index (χ0) is 6.41. The number of nitrogens with two attached hydrogens (primary N) is 1. The van der Waals surface area contributed by atoms with Crippen LogP contribution < -0.4 is 5.73 Å². The van der Waals surface area contributed by atoms with Crippen molar-refractivity contribution in [2.75, 3.05) is 6.61 Å². The molecule has 0 aliphatic heterocycles. The van der Waals surface area contributed by atoms with E-state index in [-0.39, 0.29) is 33.1 Å². The second kappa shape index (κ2) is 8.58. The fourth-order valence-corrected chi connectivity index (χ4v) is 0.570. The van der Waals surface area contributed by atoms with Gasteiger partial charge in [0.2, 0.25) is 0 Å². The Bertz CT molecular complexity index is 46.3. The van der Waals surface area contributed by atoms with E-state index in [4.69, 9.17) is 10.8 Å². The maximum atomic E-state index is 8.36. The maximum Gasteiger partial charge on any atom is 0.0420 e. The number of hydrogen-bond acceptors (Lipinski definition) is 2. The molecule has 0 rings (SSSR count). The van der Waals surface area contributed by atoms with Gasteiger partial charge in [0.25, 0.3) is 0 Å². The van der Waals surface area contributed by atoms with E-state index in [1.165, 1.54) is 0 Å². The number of rotatable bonds is 4. The van der Waals surface area contributed by atoms with Crippen LogP contribution in [0.1, 0.15) is 19.8 Å². The quantitative estimate of drug-likeness (QED) is 0.734. The van der Waals surface area contributed by atoms with Gasteiger partial charge >= 0.3 is 0 Å². The zero-order valence-corrected chi connectivity index (χ0v) is 8.39. The van der Waals surface area contributed by atoms with Crippen LogP contribution in [0.15, 0.2) is 0 Å². The van der Waals surface area contributed by atoms with E-state index in [0.29, 0.717) is 6.42 Å². The largest absolute Gasteiger partial charge is 0.396 e. The van der Waals surface area contributed by atoms with Crippen LogP contribution in [0.2, 0.25) is 0 Å². The van der Waals surface area contributed by atoms with Crippen molar-refractivity contribution in [2.24, 2.45) is 5.73 Å². The molecule has 0 aromatic rings. The molecule has 0 heterocycles. The van der Waals surface area contributed by atoms with E-state index < -0.39 is 0 Å². The molecule has 0 aliphatic carbocycles. The van der Waals surface area contributed by atoms with Crippen LogP contribution in [0.25, 0.3) is 0 Å². The van der Waals surface area contributed by atoms with Gasteiger partial charge in [0.05, 0.1) is 0 Å². The van der Waals surface area contributed by atoms with Crippen LogP contribution in [-0.4, -0.2) is 17.8 Å². The van der Waals surface area contributed by atoms with Crippen LogP contribution in [0.3, 0.4) is 0 Å². The predicted molar refractivity (Wildman–Crippen MR) is 34.3 cm³/mol. The molecule has 1 radical (unpaired) electrons. The minimum Gasteiger partial charge on any atom is -0.396 e. The molecule has 0 amide bonds. The Balaban J connectivity index is 0. The standard InChI is InChI=1S/C6H14NO.Re/c1-2-3-6(7)4-5-8;/h3,6,8H,2,4-5,7H2,1H3;/q-1;. The second-order valence-electron chi connectivity index (χ2n) is 1.82. The summed E-state index contributed by atoms with van der Waals surface area (Å²) in [6.07, 6.45) is 3.67. The van der Waals surface area contributed by atoms with Gasteiger partial charge in [-0.1, -0.05) is 6.92 Å². The van der Waals surface area contributed by atoms with E-state index in [0.717, 1.165) is 6.42 Å². The van der Waals surface area contributed by atoms with Gasteiger partial charge in [0, 0.05) is 27.0 Å². The molecule has 2 nitrogen and oxygen atoms in total. The molecule has 0 spiro atoms. The molecular formula is C6H14NORe-. The summed E-state index contributed by atoms with van der Waals surface area (Å²) in [6.45, 7) is 2.23. The SMILES string of the molecule is CC[CH-]C(N)CCO.[Re]. The molecule has 0 aromatic carbocycles. The zero-order valence-electron chi connectivity index (χ0n) is 5.68. The summed E-state index contributed by atoms with van der Waals surface area (Å²) in [5.74, 6) is 0. The van der Waals surface area contributed by atoms with Crippen LogP contribution in [0, 0.1) is 6.42 Å². The van der Waals surface area contributed by atoms with Crippen molar-refractivity contribution in [3.63, 3.8) is 0 Å². The Morgan fingerprint density at radius 1 is 1.67 bits per heavy atom. The van der Waals surface area contributed by atoms with E-state index in [1.54, 1.807) is 0 Å². The summed E-state index contributed by atoms with van der Waals surface area (Å²) in [5, 5.41) is 8.36. The minimum absolute atomic E-state index is 0. The van der Waals surface area contributed by atoms with Gasteiger partial charge in [0.1, 0.15) is 0 Å². The molecule has 3 N–H and O–H groups in total. The third kappa shape index (κ3) is 8.58. The van der Waals surface area contributed by atoms with E-state index in [1.807, 2.05) is 13.3 Å².